The zero-order chi connectivity index (χ0) is 21.4. The van der Waals surface area contributed by atoms with Crippen molar-refractivity contribution in [3.63, 3.8) is 0 Å². The Morgan fingerprint density at radius 1 is 1.14 bits per heavy atom. The highest BCUT2D eigenvalue weighted by molar-refractivity contribution is 5.97. The number of aromatic hydroxyl groups is 1. The third-order valence-corrected chi connectivity index (χ3v) is 4.19. The van der Waals surface area contributed by atoms with Crippen molar-refractivity contribution in [1.29, 1.82) is 0 Å². The van der Waals surface area contributed by atoms with Gasteiger partial charge in [0.25, 0.3) is 5.91 Å². The maximum Gasteiger partial charge on any atom is 0.328 e. The van der Waals surface area contributed by atoms with Gasteiger partial charge in [-0.3, -0.25) is 4.79 Å². The van der Waals surface area contributed by atoms with E-state index >= 15 is 0 Å². The molecule has 0 aliphatic heterocycles. The van der Waals surface area contributed by atoms with Crippen molar-refractivity contribution in [2.24, 2.45) is 5.92 Å². The van der Waals surface area contributed by atoms with Gasteiger partial charge in [-0.25, -0.2) is 9.78 Å². The fourth-order valence-electron chi connectivity index (χ4n) is 2.42. The Morgan fingerprint density at radius 3 is 2.45 bits per heavy atom. The summed E-state index contributed by atoms with van der Waals surface area (Å²) in [5, 5.41) is 12.5. The highest BCUT2D eigenvalue weighted by Crippen LogP contribution is 2.27. The summed E-state index contributed by atoms with van der Waals surface area (Å²) < 4.78 is 16.2. The molecule has 0 saturated carbocycles. The predicted molar refractivity (Wildman–Crippen MR) is 106 cm³/mol. The lowest BCUT2D eigenvalue weighted by Gasteiger charge is -2.23. The van der Waals surface area contributed by atoms with Crippen LogP contribution in [0.15, 0.2) is 42.6 Å². The molecule has 2 atom stereocenters. The SMILES string of the molecule is COc1ccnc(C(=O)NC(C)C(=O)OCC(Oc2ccccc2)C(C)C)c1O. The van der Waals surface area contributed by atoms with Crippen molar-refractivity contribution < 1.29 is 28.9 Å². The van der Waals surface area contributed by atoms with E-state index in [2.05, 4.69) is 10.3 Å². The van der Waals surface area contributed by atoms with Crippen LogP contribution < -0.4 is 14.8 Å². The average molecular weight is 402 g/mol. The van der Waals surface area contributed by atoms with Crippen molar-refractivity contribution in [1.82, 2.24) is 10.3 Å². The lowest BCUT2D eigenvalue weighted by Crippen LogP contribution is -2.41. The summed E-state index contributed by atoms with van der Waals surface area (Å²) in [6, 6.07) is 9.73. The number of hydrogen-bond acceptors (Lipinski definition) is 7. The number of aromatic nitrogens is 1. The first-order valence-electron chi connectivity index (χ1n) is 9.24. The molecular weight excluding hydrogens is 376 g/mol. The zero-order valence-electron chi connectivity index (χ0n) is 16.9. The molecule has 1 heterocycles. The number of carbonyl (C=O) groups is 2. The second-order valence-corrected chi connectivity index (χ2v) is 6.75. The van der Waals surface area contributed by atoms with Gasteiger partial charge in [0.1, 0.15) is 24.5 Å². The highest BCUT2D eigenvalue weighted by Gasteiger charge is 2.24. The third-order valence-electron chi connectivity index (χ3n) is 4.19. The minimum absolute atomic E-state index is 0.0360. The summed E-state index contributed by atoms with van der Waals surface area (Å²) in [7, 11) is 1.36. The Labute approximate surface area is 169 Å². The zero-order valence-corrected chi connectivity index (χ0v) is 16.9. The number of ether oxygens (including phenoxy) is 3. The van der Waals surface area contributed by atoms with Crippen LogP contribution in [-0.4, -0.2) is 47.8 Å². The van der Waals surface area contributed by atoms with Crippen molar-refractivity contribution >= 4 is 11.9 Å². The molecule has 1 aromatic carbocycles. The van der Waals surface area contributed by atoms with Gasteiger partial charge in [0, 0.05) is 12.3 Å². The van der Waals surface area contributed by atoms with Crippen molar-refractivity contribution in [3.8, 4) is 17.2 Å². The summed E-state index contributed by atoms with van der Waals surface area (Å²) in [5.74, 6) is -0.841. The first-order valence-corrected chi connectivity index (χ1v) is 9.24. The van der Waals surface area contributed by atoms with Gasteiger partial charge in [-0.1, -0.05) is 32.0 Å². The third kappa shape index (κ3) is 6.10. The summed E-state index contributed by atoms with van der Waals surface area (Å²) in [5.41, 5.74) is -0.239. The molecule has 0 radical (unpaired) electrons. The lowest BCUT2D eigenvalue weighted by molar-refractivity contribution is -0.148. The Kier molecular flexibility index (Phi) is 7.82. The quantitative estimate of drug-likeness (QED) is 0.621. The van der Waals surface area contributed by atoms with Crippen LogP contribution in [0.4, 0.5) is 0 Å². The van der Waals surface area contributed by atoms with Crippen molar-refractivity contribution in [2.45, 2.75) is 32.9 Å². The van der Waals surface area contributed by atoms with Crippen LogP contribution in [0.25, 0.3) is 0 Å². The van der Waals surface area contributed by atoms with Gasteiger partial charge in [0.2, 0.25) is 0 Å². The van der Waals surface area contributed by atoms with Gasteiger partial charge in [-0.05, 0) is 25.0 Å². The Morgan fingerprint density at radius 2 is 1.83 bits per heavy atom. The van der Waals surface area contributed by atoms with E-state index in [-0.39, 0.29) is 30.1 Å². The molecule has 0 aliphatic carbocycles. The number of amides is 1. The number of rotatable bonds is 9. The van der Waals surface area contributed by atoms with Crippen LogP contribution in [0.3, 0.4) is 0 Å². The van der Waals surface area contributed by atoms with Gasteiger partial charge in [0.05, 0.1) is 7.11 Å². The van der Waals surface area contributed by atoms with E-state index in [0.29, 0.717) is 5.75 Å². The Balaban J connectivity index is 1.93. The Hall–Kier alpha value is -3.29. The number of methoxy groups -OCH3 is 1. The van der Waals surface area contributed by atoms with E-state index < -0.39 is 23.7 Å². The molecular formula is C21H26N2O6. The molecule has 2 aromatic rings. The van der Waals surface area contributed by atoms with Crippen molar-refractivity contribution in [2.75, 3.05) is 13.7 Å². The molecule has 156 valence electrons. The molecule has 2 unspecified atom stereocenters. The second kappa shape index (κ2) is 10.3. The molecule has 1 amide bonds. The normalized spacial score (nSPS) is 12.7. The molecule has 0 saturated heterocycles. The number of carbonyl (C=O) groups excluding carboxylic acids is 2. The summed E-state index contributed by atoms with van der Waals surface area (Å²) in [6.45, 7) is 5.45. The number of benzene rings is 1. The van der Waals surface area contributed by atoms with Crippen LogP contribution in [0, 0.1) is 5.92 Å². The van der Waals surface area contributed by atoms with Crippen LogP contribution in [0.5, 0.6) is 17.2 Å². The van der Waals surface area contributed by atoms with Gasteiger partial charge < -0.3 is 24.6 Å². The van der Waals surface area contributed by atoms with Gasteiger partial charge >= 0.3 is 5.97 Å². The largest absolute Gasteiger partial charge is 0.503 e. The minimum atomic E-state index is -0.945. The number of hydrogen-bond donors (Lipinski definition) is 2. The maximum atomic E-state index is 12.3. The first-order chi connectivity index (χ1) is 13.8. The monoisotopic (exact) mass is 402 g/mol. The predicted octanol–water partition coefficient (Wildman–Crippen LogP) is 2.56. The molecule has 1 aromatic heterocycles. The van der Waals surface area contributed by atoms with Crippen molar-refractivity contribution in [3.05, 3.63) is 48.3 Å². The molecule has 0 fully saturated rings. The number of nitrogens with one attached hydrogen (secondary N) is 1. The summed E-state index contributed by atoms with van der Waals surface area (Å²) >= 11 is 0. The fraction of sp³-hybridized carbons (Fsp3) is 0.381. The average Bonchev–Trinajstić information content (AvgIpc) is 2.71. The van der Waals surface area contributed by atoms with E-state index in [1.807, 2.05) is 44.2 Å². The van der Waals surface area contributed by atoms with E-state index in [0.717, 1.165) is 0 Å². The lowest BCUT2D eigenvalue weighted by atomic mass is 10.1. The fourth-order valence-corrected chi connectivity index (χ4v) is 2.42. The first kappa shape index (κ1) is 22.0. The summed E-state index contributed by atoms with van der Waals surface area (Å²) in [6.07, 6.45) is 0.985. The highest BCUT2D eigenvalue weighted by atomic mass is 16.6. The molecule has 29 heavy (non-hydrogen) atoms. The smallest absolute Gasteiger partial charge is 0.328 e. The van der Waals surface area contributed by atoms with Crippen LogP contribution in [-0.2, 0) is 9.53 Å². The number of nitrogens with zero attached hydrogens (tertiary/aromatic N) is 1. The number of pyridine rings is 1. The molecule has 0 spiro atoms. The van der Waals surface area contributed by atoms with Crippen LogP contribution in [0.1, 0.15) is 31.3 Å². The van der Waals surface area contributed by atoms with Gasteiger partial charge in [-0.15, -0.1) is 0 Å². The van der Waals surface area contributed by atoms with Gasteiger partial charge in [-0.2, -0.15) is 0 Å². The minimum Gasteiger partial charge on any atom is -0.503 e. The molecule has 0 bridgehead atoms. The van der Waals surface area contributed by atoms with Crippen LogP contribution >= 0.6 is 0 Å². The molecule has 8 nitrogen and oxygen atoms in total. The van der Waals surface area contributed by atoms with E-state index in [4.69, 9.17) is 14.2 Å². The molecule has 2 N–H and O–H groups in total. The second-order valence-electron chi connectivity index (χ2n) is 6.75. The maximum absolute atomic E-state index is 12.3. The molecule has 8 heteroatoms. The van der Waals surface area contributed by atoms with Crippen LogP contribution in [0.2, 0.25) is 0 Å². The summed E-state index contributed by atoms with van der Waals surface area (Å²) in [4.78, 5) is 28.4. The van der Waals surface area contributed by atoms with E-state index in [1.165, 1.54) is 26.3 Å². The number of esters is 1. The van der Waals surface area contributed by atoms with E-state index in [1.54, 1.807) is 0 Å². The molecule has 0 aliphatic rings. The Bertz CT molecular complexity index is 825. The standard InChI is InChI=1S/C21H26N2O6/c1-13(2)17(29-15-8-6-5-7-9-15)12-28-21(26)14(3)23-20(25)18-19(24)16(27-4)10-11-22-18/h5-11,13-14,17,24H,12H2,1-4H3,(H,23,25). The topological polar surface area (TPSA) is 107 Å². The van der Waals surface area contributed by atoms with Gasteiger partial charge in [0.15, 0.2) is 17.2 Å². The number of para-hydroxylation sites is 1. The molecule has 2 rings (SSSR count). The van der Waals surface area contributed by atoms with E-state index in [9.17, 15) is 14.7 Å².